The Morgan fingerprint density at radius 3 is 3.00 bits per heavy atom. The first-order valence-corrected chi connectivity index (χ1v) is 6.04. The van der Waals surface area contributed by atoms with Gasteiger partial charge in [-0.1, -0.05) is 0 Å². The van der Waals surface area contributed by atoms with Crippen molar-refractivity contribution in [2.45, 2.75) is 26.8 Å². The van der Waals surface area contributed by atoms with Crippen molar-refractivity contribution in [1.82, 2.24) is 14.8 Å². The Bertz CT molecular complexity index is 487. The molecule has 0 spiro atoms. The van der Waals surface area contributed by atoms with Crippen molar-refractivity contribution in [1.29, 1.82) is 0 Å². The zero-order valence-electron chi connectivity index (χ0n) is 9.30. The van der Waals surface area contributed by atoms with Crippen molar-refractivity contribution >= 4 is 17.1 Å². The molecule has 0 bridgehead atoms. The number of Topliss-reactive ketones (excluding diaryl/α,β-unsaturated/α-hetero) is 1. The van der Waals surface area contributed by atoms with Crippen LogP contribution in [-0.4, -0.2) is 20.5 Å². The lowest BCUT2D eigenvalue weighted by Crippen LogP contribution is -2.11. The number of carbonyl (C=O) groups is 1. The SMILES string of the molecule is CCn1nc(C)cc1C(=O)Cc1nccs1. The average Bonchev–Trinajstić information content (AvgIpc) is 2.86. The molecule has 84 valence electrons. The number of hydrogen-bond donors (Lipinski definition) is 0. The first-order chi connectivity index (χ1) is 7.70. The van der Waals surface area contributed by atoms with Crippen LogP contribution in [0.2, 0.25) is 0 Å². The lowest BCUT2D eigenvalue weighted by molar-refractivity contribution is 0.0982. The highest BCUT2D eigenvalue weighted by Gasteiger charge is 2.14. The highest BCUT2D eigenvalue weighted by atomic mass is 32.1. The fourth-order valence-electron chi connectivity index (χ4n) is 1.58. The molecule has 0 N–H and O–H groups in total. The molecule has 4 nitrogen and oxygen atoms in total. The molecule has 5 heteroatoms. The van der Waals surface area contributed by atoms with Gasteiger partial charge in [-0.15, -0.1) is 11.3 Å². The van der Waals surface area contributed by atoms with Gasteiger partial charge in [0.25, 0.3) is 0 Å². The van der Waals surface area contributed by atoms with E-state index >= 15 is 0 Å². The second-order valence-electron chi connectivity index (χ2n) is 3.51. The topological polar surface area (TPSA) is 47.8 Å². The predicted octanol–water partition coefficient (Wildman–Crippen LogP) is 2.09. The number of aromatic nitrogens is 3. The molecule has 0 saturated heterocycles. The Hall–Kier alpha value is -1.49. The fourth-order valence-corrected chi connectivity index (χ4v) is 2.19. The van der Waals surface area contributed by atoms with E-state index in [1.54, 1.807) is 10.9 Å². The maximum absolute atomic E-state index is 12.0. The van der Waals surface area contributed by atoms with Crippen LogP contribution in [0.5, 0.6) is 0 Å². The number of hydrogen-bond acceptors (Lipinski definition) is 4. The first kappa shape index (κ1) is 11.0. The number of aryl methyl sites for hydroxylation is 2. The van der Waals surface area contributed by atoms with Gasteiger partial charge >= 0.3 is 0 Å². The van der Waals surface area contributed by atoms with E-state index in [0.717, 1.165) is 10.7 Å². The Labute approximate surface area is 97.9 Å². The molecule has 2 rings (SSSR count). The van der Waals surface area contributed by atoms with Gasteiger partial charge in [0.1, 0.15) is 10.7 Å². The van der Waals surface area contributed by atoms with Gasteiger partial charge in [-0.2, -0.15) is 5.10 Å². The van der Waals surface area contributed by atoms with Crippen LogP contribution >= 0.6 is 11.3 Å². The lowest BCUT2D eigenvalue weighted by atomic mass is 10.2. The van der Waals surface area contributed by atoms with Crippen molar-refractivity contribution in [2.24, 2.45) is 0 Å². The van der Waals surface area contributed by atoms with Crippen LogP contribution in [0.1, 0.15) is 28.1 Å². The summed E-state index contributed by atoms with van der Waals surface area (Å²) in [5, 5.41) is 6.99. The van der Waals surface area contributed by atoms with Crippen molar-refractivity contribution < 1.29 is 4.79 Å². The summed E-state index contributed by atoms with van der Waals surface area (Å²) in [5.74, 6) is 0.0809. The van der Waals surface area contributed by atoms with Crippen LogP contribution in [-0.2, 0) is 13.0 Å². The molecule has 0 atom stereocenters. The predicted molar refractivity (Wildman–Crippen MR) is 62.8 cm³/mol. The molecular weight excluding hydrogens is 222 g/mol. The minimum atomic E-state index is 0.0809. The van der Waals surface area contributed by atoms with Crippen molar-refractivity contribution in [3.8, 4) is 0 Å². The van der Waals surface area contributed by atoms with E-state index in [0.29, 0.717) is 18.7 Å². The summed E-state index contributed by atoms with van der Waals surface area (Å²) in [6.45, 7) is 4.59. The molecule has 2 heterocycles. The highest BCUT2D eigenvalue weighted by molar-refractivity contribution is 7.09. The van der Waals surface area contributed by atoms with Crippen LogP contribution in [0.25, 0.3) is 0 Å². The number of ketones is 1. The van der Waals surface area contributed by atoms with E-state index in [2.05, 4.69) is 10.1 Å². The molecular formula is C11H13N3OS. The van der Waals surface area contributed by atoms with Gasteiger partial charge in [0, 0.05) is 18.1 Å². The fraction of sp³-hybridized carbons (Fsp3) is 0.364. The van der Waals surface area contributed by atoms with Crippen LogP contribution in [0.4, 0.5) is 0 Å². The zero-order chi connectivity index (χ0) is 11.5. The third-order valence-corrected chi connectivity index (χ3v) is 3.06. The number of nitrogens with zero attached hydrogens (tertiary/aromatic N) is 3. The maximum Gasteiger partial charge on any atom is 0.187 e. The summed E-state index contributed by atoms with van der Waals surface area (Å²) < 4.78 is 1.74. The van der Waals surface area contributed by atoms with Crippen molar-refractivity contribution in [2.75, 3.05) is 0 Å². The van der Waals surface area contributed by atoms with Crippen molar-refractivity contribution in [3.05, 3.63) is 34.0 Å². The molecule has 0 radical (unpaired) electrons. The normalized spacial score (nSPS) is 10.6. The lowest BCUT2D eigenvalue weighted by Gasteiger charge is -2.01. The largest absolute Gasteiger partial charge is 0.292 e. The van der Waals surface area contributed by atoms with E-state index in [1.807, 2.05) is 25.3 Å². The average molecular weight is 235 g/mol. The molecule has 0 aliphatic heterocycles. The molecule has 2 aromatic rings. The Morgan fingerprint density at radius 2 is 2.38 bits per heavy atom. The molecule has 0 unspecified atom stereocenters. The zero-order valence-corrected chi connectivity index (χ0v) is 10.1. The number of rotatable bonds is 4. The Morgan fingerprint density at radius 1 is 1.56 bits per heavy atom. The van der Waals surface area contributed by atoms with Crippen LogP contribution in [0, 0.1) is 6.92 Å². The summed E-state index contributed by atoms with van der Waals surface area (Å²) in [7, 11) is 0. The third kappa shape index (κ3) is 2.19. The monoisotopic (exact) mass is 235 g/mol. The van der Waals surface area contributed by atoms with E-state index < -0.39 is 0 Å². The van der Waals surface area contributed by atoms with Gasteiger partial charge in [0.2, 0.25) is 0 Å². The van der Waals surface area contributed by atoms with Gasteiger partial charge < -0.3 is 0 Å². The highest BCUT2D eigenvalue weighted by Crippen LogP contribution is 2.11. The van der Waals surface area contributed by atoms with E-state index in [4.69, 9.17) is 0 Å². The van der Waals surface area contributed by atoms with Gasteiger partial charge in [0.15, 0.2) is 5.78 Å². The number of carbonyl (C=O) groups excluding carboxylic acids is 1. The summed E-state index contributed by atoms with van der Waals surface area (Å²) in [6, 6.07) is 1.83. The first-order valence-electron chi connectivity index (χ1n) is 5.16. The molecule has 16 heavy (non-hydrogen) atoms. The second-order valence-corrected chi connectivity index (χ2v) is 4.49. The van der Waals surface area contributed by atoms with Gasteiger partial charge in [0.05, 0.1) is 12.1 Å². The standard InChI is InChI=1S/C11H13N3OS/c1-3-14-9(6-8(2)13-14)10(15)7-11-12-4-5-16-11/h4-6H,3,7H2,1-2H3. The van der Waals surface area contributed by atoms with Crippen molar-refractivity contribution in [3.63, 3.8) is 0 Å². The quantitative estimate of drug-likeness (QED) is 0.762. The Kier molecular flexibility index (Phi) is 3.14. The summed E-state index contributed by atoms with van der Waals surface area (Å²) in [4.78, 5) is 16.1. The number of thiazole rings is 1. The van der Waals surface area contributed by atoms with Crippen LogP contribution in [0.3, 0.4) is 0 Å². The second kappa shape index (κ2) is 4.57. The van der Waals surface area contributed by atoms with Crippen LogP contribution in [0.15, 0.2) is 17.6 Å². The van der Waals surface area contributed by atoms with Crippen LogP contribution < -0.4 is 0 Å². The smallest absolute Gasteiger partial charge is 0.187 e. The minimum absolute atomic E-state index is 0.0809. The van der Waals surface area contributed by atoms with E-state index in [-0.39, 0.29) is 5.78 Å². The van der Waals surface area contributed by atoms with Gasteiger partial charge in [-0.05, 0) is 19.9 Å². The third-order valence-electron chi connectivity index (χ3n) is 2.28. The molecule has 0 amide bonds. The van der Waals surface area contributed by atoms with Gasteiger partial charge in [-0.3, -0.25) is 9.48 Å². The summed E-state index contributed by atoms with van der Waals surface area (Å²) in [5.41, 5.74) is 1.56. The molecule has 0 aromatic carbocycles. The molecule has 0 saturated carbocycles. The molecule has 2 aromatic heterocycles. The molecule has 0 fully saturated rings. The Balaban J connectivity index is 2.20. The molecule has 0 aliphatic rings. The molecule has 0 aliphatic carbocycles. The summed E-state index contributed by atoms with van der Waals surface area (Å²) >= 11 is 1.50. The maximum atomic E-state index is 12.0. The summed E-state index contributed by atoms with van der Waals surface area (Å²) in [6.07, 6.45) is 2.08. The van der Waals surface area contributed by atoms with E-state index in [1.165, 1.54) is 11.3 Å². The van der Waals surface area contributed by atoms with Gasteiger partial charge in [-0.25, -0.2) is 4.98 Å². The van der Waals surface area contributed by atoms with E-state index in [9.17, 15) is 4.79 Å². The minimum Gasteiger partial charge on any atom is -0.292 e.